The van der Waals surface area contributed by atoms with Crippen LogP contribution in [-0.4, -0.2) is 0 Å². The van der Waals surface area contributed by atoms with Gasteiger partial charge in [-0.05, 0) is 29.5 Å². The van der Waals surface area contributed by atoms with Crippen molar-refractivity contribution in [3.05, 3.63) is 34.0 Å². The molecule has 0 atom stereocenters. The fourth-order valence-corrected chi connectivity index (χ4v) is 3.06. The van der Waals surface area contributed by atoms with Gasteiger partial charge in [0.25, 0.3) is 0 Å². The van der Waals surface area contributed by atoms with E-state index >= 15 is 0 Å². The number of fused-ring (bicyclic) bond motifs is 3. The second-order valence-electron chi connectivity index (χ2n) is 4.07. The van der Waals surface area contributed by atoms with Gasteiger partial charge in [-0.3, -0.25) is 0 Å². The number of hydrogen-bond acceptors (Lipinski definition) is 1. The molecule has 0 spiro atoms. The molecule has 1 heteroatoms. The van der Waals surface area contributed by atoms with Gasteiger partial charge >= 0.3 is 0 Å². The first kappa shape index (κ1) is 11.4. The number of rotatable bonds is 0. The summed E-state index contributed by atoms with van der Waals surface area (Å²) in [6, 6.07) is 8.67. The average molecular weight is 230 g/mol. The van der Waals surface area contributed by atoms with Crippen LogP contribution in [0.3, 0.4) is 0 Å². The Bertz CT molecular complexity index is 575. The summed E-state index contributed by atoms with van der Waals surface area (Å²) in [5.41, 5.74) is 0. The van der Waals surface area contributed by atoms with E-state index in [0.717, 1.165) is 0 Å². The predicted octanol–water partition coefficient (Wildman–Crippen LogP) is 3.67. The number of thiophene rings is 1. The van der Waals surface area contributed by atoms with Gasteiger partial charge in [-0.1, -0.05) is 50.6 Å². The van der Waals surface area contributed by atoms with Gasteiger partial charge in [-0.25, -0.2) is 0 Å². The molecule has 0 aliphatic heterocycles. The summed E-state index contributed by atoms with van der Waals surface area (Å²) in [6.45, 7) is 4.25. The predicted molar refractivity (Wildman–Crippen MR) is 75.2 cm³/mol. The van der Waals surface area contributed by atoms with E-state index in [9.17, 15) is 0 Å². The van der Waals surface area contributed by atoms with Crippen molar-refractivity contribution in [3.63, 3.8) is 0 Å². The fourth-order valence-electron chi connectivity index (χ4n) is 1.89. The Kier molecular flexibility index (Phi) is 3.79. The van der Waals surface area contributed by atoms with Crippen molar-refractivity contribution in [2.24, 2.45) is 0 Å². The third-order valence-electron chi connectivity index (χ3n) is 2.51. The molecule has 16 heavy (non-hydrogen) atoms. The Morgan fingerprint density at radius 3 is 2.56 bits per heavy atom. The summed E-state index contributed by atoms with van der Waals surface area (Å²) >= 11 is 1.91. The van der Waals surface area contributed by atoms with Crippen molar-refractivity contribution in [1.29, 1.82) is 0 Å². The van der Waals surface area contributed by atoms with Crippen LogP contribution in [0.4, 0.5) is 0 Å². The summed E-state index contributed by atoms with van der Waals surface area (Å²) in [5.74, 6) is 0. The Labute approximate surface area is 101 Å². The maximum absolute atomic E-state index is 2.37. The van der Waals surface area contributed by atoms with Gasteiger partial charge in [0.05, 0.1) is 0 Å². The van der Waals surface area contributed by atoms with Crippen LogP contribution in [0.25, 0.3) is 22.2 Å². The summed E-state index contributed by atoms with van der Waals surface area (Å²) in [5, 5.41) is 2.89. The fraction of sp³-hybridized carbons (Fsp3) is 0.333. The van der Waals surface area contributed by atoms with Crippen LogP contribution in [-0.2, 0) is 0 Å². The van der Waals surface area contributed by atoms with Gasteiger partial charge in [0.15, 0.2) is 0 Å². The molecule has 1 heterocycles. The Balaban J connectivity index is 0.000000292. The van der Waals surface area contributed by atoms with Crippen molar-refractivity contribution in [1.82, 2.24) is 0 Å². The molecule has 1 aliphatic rings. The Morgan fingerprint density at radius 1 is 1.06 bits per heavy atom. The zero-order chi connectivity index (χ0) is 11.4. The lowest BCUT2D eigenvalue weighted by Gasteiger charge is -1.92. The van der Waals surface area contributed by atoms with Crippen LogP contribution in [0, 0.1) is 0 Å². The van der Waals surface area contributed by atoms with E-state index in [0.29, 0.717) is 0 Å². The van der Waals surface area contributed by atoms with Crippen molar-refractivity contribution < 1.29 is 0 Å². The summed E-state index contributed by atoms with van der Waals surface area (Å²) in [6.07, 6.45) is 8.39. The lowest BCUT2D eigenvalue weighted by atomic mass is 10.1. The van der Waals surface area contributed by atoms with Gasteiger partial charge in [-0.15, -0.1) is 11.3 Å². The minimum Gasteiger partial charge on any atom is -0.136 e. The highest BCUT2D eigenvalue weighted by atomic mass is 32.1. The number of hydrogen-bond donors (Lipinski definition) is 0. The van der Waals surface area contributed by atoms with Gasteiger partial charge < -0.3 is 0 Å². The van der Waals surface area contributed by atoms with Crippen LogP contribution in [0.2, 0.25) is 0 Å². The SMILES string of the molecule is C1=c2sc3ccccc3c2=CCC1.CCC. The van der Waals surface area contributed by atoms with Crippen LogP contribution >= 0.6 is 11.3 Å². The molecule has 0 radical (unpaired) electrons. The minimum atomic E-state index is 1.20. The van der Waals surface area contributed by atoms with Crippen LogP contribution in [0.15, 0.2) is 24.3 Å². The van der Waals surface area contributed by atoms with E-state index in [2.05, 4.69) is 50.3 Å². The highest BCUT2D eigenvalue weighted by molar-refractivity contribution is 7.17. The number of benzene rings is 1. The van der Waals surface area contributed by atoms with Gasteiger partial charge in [-0.2, -0.15) is 0 Å². The highest BCUT2D eigenvalue weighted by Crippen LogP contribution is 2.13. The first-order valence-corrected chi connectivity index (χ1v) is 6.86. The van der Waals surface area contributed by atoms with E-state index in [1.807, 2.05) is 11.3 Å². The molecule has 1 aromatic carbocycles. The highest BCUT2D eigenvalue weighted by Gasteiger charge is 2.01. The summed E-state index contributed by atoms with van der Waals surface area (Å²) in [7, 11) is 0. The largest absolute Gasteiger partial charge is 0.136 e. The molecule has 3 rings (SSSR count). The molecule has 0 nitrogen and oxygen atoms in total. The molecule has 0 unspecified atom stereocenters. The lowest BCUT2D eigenvalue weighted by molar-refractivity contribution is 1.09. The van der Waals surface area contributed by atoms with E-state index in [-0.39, 0.29) is 0 Å². The molecule has 0 saturated heterocycles. The first-order chi connectivity index (χ1) is 7.86. The van der Waals surface area contributed by atoms with E-state index in [4.69, 9.17) is 0 Å². The Morgan fingerprint density at radius 2 is 1.75 bits per heavy atom. The molecule has 2 aromatic rings. The molecule has 1 aromatic heterocycles. The maximum Gasteiger partial charge on any atom is 0.0355 e. The van der Waals surface area contributed by atoms with E-state index in [1.54, 1.807) is 0 Å². The van der Waals surface area contributed by atoms with Crippen molar-refractivity contribution in [2.45, 2.75) is 33.1 Å². The molecular formula is C15H18S. The third kappa shape index (κ3) is 2.19. The topological polar surface area (TPSA) is 0 Å². The van der Waals surface area contributed by atoms with Gasteiger partial charge in [0.2, 0.25) is 0 Å². The molecule has 0 bridgehead atoms. The molecular weight excluding hydrogens is 212 g/mol. The van der Waals surface area contributed by atoms with Gasteiger partial charge in [0.1, 0.15) is 0 Å². The first-order valence-electron chi connectivity index (χ1n) is 6.04. The smallest absolute Gasteiger partial charge is 0.0355 e. The standard InChI is InChI=1S/C12H10S.C3H8/c1-3-7-11-9(5-1)10-6-2-4-8-12(10)13-11;1-3-2/h1,3,5-8H,2,4H2;3H2,1-2H3. The molecule has 0 amide bonds. The monoisotopic (exact) mass is 230 g/mol. The van der Waals surface area contributed by atoms with Crippen molar-refractivity contribution in [2.75, 3.05) is 0 Å². The van der Waals surface area contributed by atoms with E-state index in [1.165, 1.54) is 39.1 Å². The zero-order valence-corrected chi connectivity index (χ0v) is 10.8. The van der Waals surface area contributed by atoms with Crippen molar-refractivity contribution >= 4 is 33.6 Å². The van der Waals surface area contributed by atoms with E-state index < -0.39 is 0 Å². The molecule has 0 N–H and O–H groups in total. The zero-order valence-electron chi connectivity index (χ0n) is 9.99. The summed E-state index contributed by atoms with van der Waals surface area (Å²) in [4.78, 5) is 0. The normalized spacial score (nSPS) is 13.1. The average Bonchev–Trinajstić information content (AvgIpc) is 2.68. The lowest BCUT2D eigenvalue weighted by Crippen LogP contribution is -2.20. The quantitative estimate of drug-likeness (QED) is 0.648. The molecule has 1 aliphatic carbocycles. The molecule has 0 saturated carbocycles. The third-order valence-corrected chi connectivity index (χ3v) is 3.69. The second kappa shape index (κ2) is 5.31. The van der Waals surface area contributed by atoms with Crippen LogP contribution in [0.5, 0.6) is 0 Å². The van der Waals surface area contributed by atoms with Crippen LogP contribution < -0.4 is 9.75 Å². The maximum atomic E-state index is 2.37. The molecule has 0 fully saturated rings. The minimum absolute atomic E-state index is 1.20. The molecule has 84 valence electrons. The van der Waals surface area contributed by atoms with Crippen LogP contribution in [0.1, 0.15) is 33.1 Å². The summed E-state index contributed by atoms with van der Waals surface area (Å²) < 4.78 is 2.88. The second-order valence-corrected chi connectivity index (χ2v) is 5.15. The van der Waals surface area contributed by atoms with Crippen molar-refractivity contribution in [3.8, 4) is 0 Å². The van der Waals surface area contributed by atoms with Gasteiger partial charge in [0, 0.05) is 9.23 Å². The Hall–Kier alpha value is -1.08.